The van der Waals surface area contributed by atoms with Crippen LogP contribution >= 0.6 is 0 Å². The van der Waals surface area contributed by atoms with Gasteiger partial charge in [-0.15, -0.1) is 0 Å². The number of nitrogen functional groups attached to an aromatic ring is 1. The summed E-state index contributed by atoms with van der Waals surface area (Å²) in [6.45, 7) is 14.3. The highest BCUT2D eigenvalue weighted by Gasteiger charge is 2.40. The first-order valence-electron chi connectivity index (χ1n) is 16.2. The van der Waals surface area contributed by atoms with Gasteiger partial charge in [-0.25, -0.2) is 0 Å². The number of nitrogens with two attached hydrogens (primary N) is 1. The Morgan fingerprint density at radius 1 is 0.733 bits per heavy atom. The van der Waals surface area contributed by atoms with Gasteiger partial charge in [0.05, 0.1) is 18.8 Å². The summed E-state index contributed by atoms with van der Waals surface area (Å²) >= 11 is 0. The lowest BCUT2D eigenvalue weighted by molar-refractivity contribution is 0.249. The Hall–Kier alpha value is -4.80. The molecular formula is C41H41N3O. The van der Waals surface area contributed by atoms with Gasteiger partial charge in [0.2, 0.25) is 0 Å². The summed E-state index contributed by atoms with van der Waals surface area (Å²) in [5.74, 6) is 0.866. The molecule has 2 aliphatic carbocycles. The minimum atomic E-state index is 0.190. The number of nitrogens with one attached hydrogen (secondary N) is 1. The number of fused-ring (bicyclic) bond motifs is 4. The maximum atomic E-state index is 6.83. The van der Waals surface area contributed by atoms with Crippen molar-refractivity contribution in [3.05, 3.63) is 142 Å². The Labute approximate surface area is 266 Å². The van der Waals surface area contributed by atoms with E-state index < -0.39 is 0 Å². The third-order valence-electron chi connectivity index (χ3n) is 9.62. The summed E-state index contributed by atoms with van der Waals surface area (Å²) in [6.07, 6.45) is 1.03. The van der Waals surface area contributed by atoms with Crippen molar-refractivity contribution in [1.29, 1.82) is 0 Å². The van der Waals surface area contributed by atoms with Gasteiger partial charge in [-0.3, -0.25) is 4.90 Å². The van der Waals surface area contributed by atoms with Crippen LogP contribution in [0, 0.1) is 0 Å². The topological polar surface area (TPSA) is 50.5 Å². The number of nitrogens with zero attached hydrogens (tertiary/aromatic N) is 1. The third kappa shape index (κ3) is 4.31. The predicted molar refractivity (Wildman–Crippen MR) is 191 cm³/mol. The Morgan fingerprint density at radius 3 is 1.96 bits per heavy atom. The number of benzene rings is 5. The summed E-state index contributed by atoms with van der Waals surface area (Å²) in [4.78, 5) is 2.54. The number of hydrogen-bond acceptors (Lipinski definition) is 4. The molecular weight excluding hydrogens is 550 g/mol. The van der Waals surface area contributed by atoms with E-state index in [4.69, 9.17) is 17.0 Å². The molecule has 4 nitrogen and oxygen atoms in total. The molecule has 45 heavy (non-hydrogen) atoms. The van der Waals surface area contributed by atoms with E-state index in [2.05, 4.69) is 110 Å². The SMILES string of the molecule is C=C1C(=C2c3ccccc3C(N(CC)CC)c3ccccc32)C(OC)=C1c1c2ccccc2c(NCCC)c2cccc(N)c12. The van der Waals surface area contributed by atoms with E-state index in [9.17, 15) is 0 Å². The molecule has 0 aliphatic heterocycles. The van der Waals surface area contributed by atoms with Crippen molar-refractivity contribution in [2.45, 2.75) is 33.2 Å². The van der Waals surface area contributed by atoms with Gasteiger partial charge in [0.25, 0.3) is 0 Å². The third-order valence-corrected chi connectivity index (χ3v) is 9.62. The first-order valence-corrected chi connectivity index (χ1v) is 16.2. The van der Waals surface area contributed by atoms with Crippen LogP contribution in [-0.4, -0.2) is 31.6 Å². The molecule has 0 saturated heterocycles. The van der Waals surface area contributed by atoms with Crippen LogP contribution in [0.25, 0.3) is 32.7 Å². The molecule has 0 saturated carbocycles. The Morgan fingerprint density at radius 2 is 1.33 bits per heavy atom. The average Bonchev–Trinajstić information content (AvgIpc) is 3.07. The molecule has 7 rings (SSSR count). The summed E-state index contributed by atoms with van der Waals surface area (Å²) < 4.78 is 6.36. The molecule has 3 N–H and O–H groups in total. The Bertz CT molecular complexity index is 2000. The van der Waals surface area contributed by atoms with Crippen molar-refractivity contribution in [2.75, 3.05) is 37.8 Å². The largest absolute Gasteiger partial charge is 0.495 e. The molecule has 0 bridgehead atoms. The standard InChI is InChI=1S/C41H41N3O/c1-6-24-43-39-29-19-12-9-16-26(29)38(37-32(39)22-15-23-33(37)42)35-25(4)34(41(35)45-5)36-27-17-10-13-20-30(27)40(44(7-2)8-3)31-21-14-11-18-28(31)36/h9-23,40,43H,4,6-8,24,42H2,1-3,5H3. The second kappa shape index (κ2) is 11.6. The minimum absolute atomic E-state index is 0.190. The smallest absolute Gasteiger partial charge is 0.135 e. The molecule has 0 aromatic heterocycles. The summed E-state index contributed by atoms with van der Waals surface area (Å²) in [5.41, 5.74) is 19.2. The minimum Gasteiger partial charge on any atom is -0.495 e. The fourth-order valence-corrected chi connectivity index (χ4v) is 7.64. The number of ether oxygens (including phenoxy) is 1. The highest BCUT2D eigenvalue weighted by molar-refractivity contribution is 6.24. The van der Waals surface area contributed by atoms with Crippen LogP contribution in [0.5, 0.6) is 0 Å². The average molecular weight is 592 g/mol. The van der Waals surface area contributed by atoms with E-state index in [0.717, 1.165) is 81.6 Å². The monoisotopic (exact) mass is 591 g/mol. The molecule has 0 spiro atoms. The highest BCUT2D eigenvalue weighted by atomic mass is 16.5. The molecule has 0 atom stereocenters. The van der Waals surface area contributed by atoms with E-state index in [0.29, 0.717) is 0 Å². The predicted octanol–water partition coefficient (Wildman–Crippen LogP) is 9.57. The quantitative estimate of drug-likeness (QED) is 0.139. The molecule has 0 heterocycles. The van der Waals surface area contributed by atoms with E-state index in [1.807, 2.05) is 12.1 Å². The van der Waals surface area contributed by atoms with Crippen LogP contribution in [0.1, 0.15) is 61.1 Å². The van der Waals surface area contributed by atoms with Crippen LogP contribution < -0.4 is 11.1 Å². The molecule has 0 fully saturated rings. The molecule has 4 heteroatoms. The summed E-state index contributed by atoms with van der Waals surface area (Å²) in [6, 6.07) is 32.8. The first-order chi connectivity index (χ1) is 22.0. The van der Waals surface area contributed by atoms with Crippen molar-refractivity contribution >= 4 is 44.1 Å². The zero-order valence-corrected chi connectivity index (χ0v) is 26.7. The normalized spacial score (nSPS) is 15.8. The lowest BCUT2D eigenvalue weighted by Crippen LogP contribution is -2.33. The molecule has 5 aromatic rings. The van der Waals surface area contributed by atoms with Gasteiger partial charge in [-0.2, -0.15) is 0 Å². The molecule has 2 aliphatic rings. The molecule has 226 valence electrons. The van der Waals surface area contributed by atoms with Gasteiger partial charge in [0.15, 0.2) is 0 Å². The van der Waals surface area contributed by atoms with Gasteiger partial charge in [0, 0.05) is 50.7 Å². The van der Waals surface area contributed by atoms with E-state index in [1.54, 1.807) is 7.11 Å². The molecule has 0 unspecified atom stereocenters. The highest BCUT2D eigenvalue weighted by Crippen LogP contribution is 2.56. The zero-order valence-electron chi connectivity index (χ0n) is 26.7. The second-order valence-electron chi connectivity index (χ2n) is 11.9. The van der Waals surface area contributed by atoms with E-state index >= 15 is 0 Å². The van der Waals surface area contributed by atoms with Crippen molar-refractivity contribution in [1.82, 2.24) is 4.90 Å². The van der Waals surface area contributed by atoms with Crippen molar-refractivity contribution < 1.29 is 4.74 Å². The van der Waals surface area contributed by atoms with Gasteiger partial charge in [-0.1, -0.05) is 112 Å². The number of hydrogen-bond donors (Lipinski definition) is 2. The summed E-state index contributed by atoms with van der Waals surface area (Å²) in [7, 11) is 1.78. The summed E-state index contributed by atoms with van der Waals surface area (Å²) in [5, 5.41) is 8.18. The van der Waals surface area contributed by atoms with E-state index in [-0.39, 0.29) is 6.04 Å². The van der Waals surface area contributed by atoms with Crippen molar-refractivity contribution in [3.63, 3.8) is 0 Å². The number of anilines is 2. The van der Waals surface area contributed by atoms with Gasteiger partial charge < -0.3 is 15.8 Å². The number of methoxy groups -OCH3 is 1. The maximum Gasteiger partial charge on any atom is 0.135 e. The lowest BCUT2D eigenvalue weighted by atomic mass is 9.69. The van der Waals surface area contributed by atoms with Crippen LogP contribution in [0.15, 0.2) is 114 Å². The fourth-order valence-electron chi connectivity index (χ4n) is 7.64. The first kappa shape index (κ1) is 28.9. The van der Waals surface area contributed by atoms with Gasteiger partial charge in [0.1, 0.15) is 5.76 Å². The van der Waals surface area contributed by atoms with Crippen LogP contribution in [0.3, 0.4) is 0 Å². The fraction of sp³-hybridized carbons (Fsp3) is 0.220. The second-order valence-corrected chi connectivity index (χ2v) is 11.9. The van der Waals surface area contributed by atoms with Gasteiger partial charge >= 0.3 is 0 Å². The van der Waals surface area contributed by atoms with Crippen molar-refractivity contribution in [3.8, 4) is 0 Å². The lowest BCUT2D eigenvalue weighted by Gasteiger charge is -2.40. The Balaban J connectivity index is 1.56. The zero-order chi connectivity index (χ0) is 31.2. The van der Waals surface area contributed by atoms with Crippen molar-refractivity contribution in [2.24, 2.45) is 0 Å². The maximum absolute atomic E-state index is 6.83. The van der Waals surface area contributed by atoms with Crippen LogP contribution in [-0.2, 0) is 4.74 Å². The van der Waals surface area contributed by atoms with Gasteiger partial charge in [-0.05, 0) is 58.8 Å². The van der Waals surface area contributed by atoms with Crippen LogP contribution in [0.4, 0.5) is 11.4 Å². The molecule has 0 amide bonds. The molecule has 5 aromatic carbocycles. The number of rotatable bonds is 8. The Kier molecular flexibility index (Phi) is 7.47. The number of allylic oxidation sites excluding steroid dienone is 2. The van der Waals surface area contributed by atoms with Crippen LogP contribution in [0.2, 0.25) is 0 Å². The van der Waals surface area contributed by atoms with E-state index in [1.165, 1.54) is 33.2 Å². The molecule has 0 radical (unpaired) electrons.